The van der Waals surface area contributed by atoms with Crippen molar-refractivity contribution in [3.8, 4) is 0 Å². The Hall–Kier alpha value is -0.570. The van der Waals surface area contributed by atoms with E-state index in [1.54, 1.807) is 0 Å². The summed E-state index contributed by atoms with van der Waals surface area (Å²) in [6.45, 7) is 5.97. The Morgan fingerprint density at radius 1 is 1.75 bits per heavy atom. The molecule has 1 amide bonds. The molecule has 3 heteroatoms. The van der Waals surface area contributed by atoms with Gasteiger partial charge < -0.3 is 11.1 Å². The van der Waals surface area contributed by atoms with Crippen molar-refractivity contribution in [2.75, 3.05) is 13.1 Å². The van der Waals surface area contributed by atoms with Crippen LogP contribution >= 0.6 is 0 Å². The van der Waals surface area contributed by atoms with Crippen molar-refractivity contribution in [3.63, 3.8) is 0 Å². The summed E-state index contributed by atoms with van der Waals surface area (Å²) in [5, 5.41) is 3.23. The van der Waals surface area contributed by atoms with Crippen LogP contribution in [0.4, 0.5) is 0 Å². The van der Waals surface area contributed by atoms with Crippen LogP contribution in [0.1, 0.15) is 26.7 Å². The normalized spacial score (nSPS) is 35.3. The summed E-state index contributed by atoms with van der Waals surface area (Å²) < 4.78 is 0. The molecule has 12 heavy (non-hydrogen) atoms. The minimum Gasteiger partial charge on any atom is -0.369 e. The van der Waals surface area contributed by atoms with Crippen molar-refractivity contribution in [1.29, 1.82) is 0 Å². The van der Waals surface area contributed by atoms with Crippen LogP contribution < -0.4 is 11.1 Å². The van der Waals surface area contributed by atoms with Crippen molar-refractivity contribution >= 4 is 5.91 Å². The van der Waals surface area contributed by atoms with Gasteiger partial charge in [0.1, 0.15) is 0 Å². The highest BCUT2D eigenvalue weighted by Gasteiger charge is 2.41. The van der Waals surface area contributed by atoms with E-state index < -0.39 is 0 Å². The Labute approximate surface area is 73.7 Å². The van der Waals surface area contributed by atoms with Gasteiger partial charge in [0.15, 0.2) is 0 Å². The van der Waals surface area contributed by atoms with Gasteiger partial charge in [0.25, 0.3) is 0 Å². The van der Waals surface area contributed by atoms with E-state index in [4.69, 9.17) is 5.73 Å². The molecule has 1 rings (SSSR count). The molecular formula is C9H18N2O. The Balaban J connectivity index is 2.67. The van der Waals surface area contributed by atoms with Crippen LogP contribution in [0.3, 0.4) is 0 Å². The topological polar surface area (TPSA) is 55.1 Å². The fraction of sp³-hybridized carbons (Fsp3) is 0.889. The molecule has 0 aromatic heterocycles. The fourth-order valence-corrected chi connectivity index (χ4v) is 2.15. The number of hydrogen-bond donors (Lipinski definition) is 2. The molecule has 1 heterocycles. The Bertz CT molecular complexity index is 181. The molecule has 1 saturated heterocycles. The molecule has 3 N–H and O–H groups in total. The van der Waals surface area contributed by atoms with E-state index in [9.17, 15) is 4.79 Å². The van der Waals surface area contributed by atoms with Gasteiger partial charge in [-0.15, -0.1) is 0 Å². The van der Waals surface area contributed by atoms with E-state index in [0.29, 0.717) is 0 Å². The molecule has 3 nitrogen and oxygen atoms in total. The highest BCUT2D eigenvalue weighted by atomic mass is 16.1. The lowest BCUT2D eigenvalue weighted by atomic mass is 9.76. The van der Waals surface area contributed by atoms with E-state index in [2.05, 4.69) is 19.2 Å². The quantitative estimate of drug-likeness (QED) is 0.648. The molecule has 0 bridgehead atoms. The van der Waals surface area contributed by atoms with Crippen molar-refractivity contribution in [2.45, 2.75) is 26.7 Å². The van der Waals surface area contributed by atoms with Crippen LogP contribution in [0, 0.1) is 11.3 Å². The van der Waals surface area contributed by atoms with Gasteiger partial charge in [-0.25, -0.2) is 0 Å². The number of primary amides is 1. The maximum absolute atomic E-state index is 11.1. The smallest absolute Gasteiger partial charge is 0.222 e. The zero-order valence-corrected chi connectivity index (χ0v) is 7.89. The number of nitrogens with two attached hydrogens (primary N) is 1. The van der Waals surface area contributed by atoms with Gasteiger partial charge in [0.2, 0.25) is 5.91 Å². The van der Waals surface area contributed by atoms with Gasteiger partial charge in [0.05, 0.1) is 5.92 Å². The molecule has 2 atom stereocenters. The van der Waals surface area contributed by atoms with Crippen LogP contribution in [-0.2, 0) is 4.79 Å². The van der Waals surface area contributed by atoms with Crippen LogP contribution in [0.2, 0.25) is 0 Å². The number of carbonyl (C=O) groups is 1. The Morgan fingerprint density at radius 3 is 2.92 bits per heavy atom. The summed E-state index contributed by atoms with van der Waals surface area (Å²) in [6, 6.07) is 0. The Morgan fingerprint density at radius 2 is 2.42 bits per heavy atom. The van der Waals surface area contributed by atoms with E-state index in [0.717, 1.165) is 25.9 Å². The molecule has 0 aromatic carbocycles. The minimum absolute atomic E-state index is 0.0254. The number of carbonyl (C=O) groups excluding carboxylic acids is 1. The molecule has 0 aliphatic carbocycles. The predicted molar refractivity (Wildman–Crippen MR) is 48.6 cm³/mol. The Kier molecular flexibility index (Phi) is 2.73. The van der Waals surface area contributed by atoms with Gasteiger partial charge in [0, 0.05) is 13.1 Å². The minimum atomic E-state index is -0.157. The molecular weight excluding hydrogens is 152 g/mol. The number of nitrogens with one attached hydrogen (secondary N) is 1. The number of rotatable bonds is 3. The van der Waals surface area contributed by atoms with E-state index >= 15 is 0 Å². The molecule has 2 unspecified atom stereocenters. The molecule has 0 spiro atoms. The molecule has 1 fully saturated rings. The average molecular weight is 170 g/mol. The highest BCUT2D eigenvalue weighted by Crippen LogP contribution is 2.35. The summed E-state index contributed by atoms with van der Waals surface area (Å²) >= 11 is 0. The van der Waals surface area contributed by atoms with Gasteiger partial charge >= 0.3 is 0 Å². The van der Waals surface area contributed by atoms with Gasteiger partial charge in [-0.3, -0.25) is 4.79 Å². The zero-order chi connectivity index (χ0) is 9.19. The lowest BCUT2D eigenvalue weighted by Gasteiger charge is -2.27. The zero-order valence-electron chi connectivity index (χ0n) is 7.89. The molecule has 0 aromatic rings. The van der Waals surface area contributed by atoms with Gasteiger partial charge in [-0.05, 0) is 11.8 Å². The maximum atomic E-state index is 11.1. The molecule has 1 aliphatic rings. The largest absolute Gasteiger partial charge is 0.369 e. The van der Waals surface area contributed by atoms with Gasteiger partial charge in [-0.1, -0.05) is 20.3 Å². The number of hydrogen-bond acceptors (Lipinski definition) is 2. The second kappa shape index (κ2) is 3.44. The first-order valence-corrected chi connectivity index (χ1v) is 4.60. The van der Waals surface area contributed by atoms with Crippen LogP contribution in [0.5, 0.6) is 0 Å². The first-order valence-electron chi connectivity index (χ1n) is 4.60. The standard InChI is InChI=1S/C9H18N2O/c1-3-4-9(2)6-11-5-7(9)8(10)12/h7,11H,3-6H2,1-2H3,(H2,10,12). The summed E-state index contributed by atoms with van der Waals surface area (Å²) in [5.74, 6) is -0.131. The van der Waals surface area contributed by atoms with Crippen LogP contribution in [-0.4, -0.2) is 19.0 Å². The predicted octanol–water partition coefficient (Wildman–Crippen LogP) is 0.497. The first kappa shape index (κ1) is 9.52. The van der Waals surface area contributed by atoms with Gasteiger partial charge in [-0.2, -0.15) is 0 Å². The van der Waals surface area contributed by atoms with E-state index in [1.807, 2.05) is 0 Å². The summed E-state index contributed by atoms with van der Waals surface area (Å²) in [7, 11) is 0. The summed E-state index contributed by atoms with van der Waals surface area (Å²) in [4.78, 5) is 11.1. The third kappa shape index (κ3) is 1.61. The molecule has 1 aliphatic heterocycles. The van der Waals surface area contributed by atoms with Crippen LogP contribution in [0.25, 0.3) is 0 Å². The lowest BCUT2D eigenvalue weighted by molar-refractivity contribution is -0.124. The summed E-state index contributed by atoms with van der Waals surface area (Å²) in [5.41, 5.74) is 5.42. The van der Waals surface area contributed by atoms with E-state index in [1.165, 1.54) is 0 Å². The monoisotopic (exact) mass is 170 g/mol. The third-order valence-corrected chi connectivity index (χ3v) is 2.88. The second-order valence-corrected chi connectivity index (χ2v) is 3.99. The van der Waals surface area contributed by atoms with Crippen molar-refractivity contribution in [3.05, 3.63) is 0 Å². The molecule has 70 valence electrons. The second-order valence-electron chi connectivity index (χ2n) is 3.99. The average Bonchev–Trinajstić information content (AvgIpc) is 2.32. The molecule has 0 radical (unpaired) electrons. The summed E-state index contributed by atoms with van der Waals surface area (Å²) in [6.07, 6.45) is 2.19. The maximum Gasteiger partial charge on any atom is 0.222 e. The third-order valence-electron chi connectivity index (χ3n) is 2.88. The highest BCUT2D eigenvalue weighted by molar-refractivity contribution is 5.78. The number of amides is 1. The van der Waals surface area contributed by atoms with Crippen molar-refractivity contribution in [1.82, 2.24) is 5.32 Å². The first-order chi connectivity index (χ1) is 5.60. The fourth-order valence-electron chi connectivity index (χ4n) is 2.15. The lowest BCUT2D eigenvalue weighted by Crippen LogP contribution is -2.36. The molecule has 0 saturated carbocycles. The SMILES string of the molecule is CCCC1(C)CNCC1C(N)=O. The van der Waals surface area contributed by atoms with Crippen molar-refractivity contribution in [2.24, 2.45) is 17.1 Å². The van der Waals surface area contributed by atoms with Crippen molar-refractivity contribution < 1.29 is 4.79 Å². The van der Waals surface area contributed by atoms with Crippen LogP contribution in [0.15, 0.2) is 0 Å². The van der Waals surface area contributed by atoms with E-state index in [-0.39, 0.29) is 17.2 Å².